The molecular formula is C15H33N3O. The van der Waals surface area contributed by atoms with Gasteiger partial charge in [0.15, 0.2) is 0 Å². The van der Waals surface area contributed by atoms with Crippen LogP contribution in [0, 0.1) is 5.41 Å². The molecule has 0 rings (SSSR count). The molecule has 0 aromatic carbocycles. The zero-order chi connectivity index (χ0) is 14.9. The van der Waals surface area contributed by atoms with Crippen molar-refractivity contribution >= 4 is 5.84 Å². The number of hydrogen-bond acceptors (Lipinski definition) is 3. The minimum atomic E-state index is -0.221. The Morgan fingerprint density at radius 2 is 1.79 bits per heavy atom. The monoisotopic (exact) mass is 271 g/mol. The first kappa shape index (κ1) is 18.2. The summed E-state index contributed by atoms with van der Waals surface area (Å²) in [5, 5.41) is 11.9. The van der Waals surface area contributed by atoms with Crippen molar-refractivity contribution in [1.82, 2.24) is 4.90 Å². The molecule has 3 N–H and O–H groups in total. The summed E-state index contributed by atoms with van der Waals surface area (Å²) in [7, 11) is 0. The Bertz CT molecular complexity index is 262. The fourth-order valence-electron chi connectivity index (χ4n) is 2.18. The maximum absolute atomic E-state index is 8.76. The summed E-state index contributed by atoms with van der Waals surface area (Å²) in [5.74, 6) is 0.328. The van der Waals surface area contributed by atoms with Crippen LogP contribution in [0.4, 0.5) is 0 Å². The van der Waals surface area contributed by atoms with Crippen molar-refractivity contribution in [1.29, 1.82) is 0 Å². The van der Waals surface area contributed by atoms with Crippen LogP contribution >= 0.6 is 0 Å². The average molecular weight is 271 g/mol. The van der Waals surface area contributed by atoms with E-state index in [0.717, 1.165) is 19.4 Å². The minimum Gasteiger partial charge on any atom is -0.409 e. The molecule has 0 aliphatic rings. The molecule has 4 nitrogen and oxygen atoms in total. The van der Waals surface area contributed by atoms with Gasteiger partial charge in [0, 0.05) is 11.5 Å². The lowest BCUT2D eigenvalue weighted by molar-refractivity contribution is 0.206. The standard InChI is InChI=1S/C15H33N3O/c1-6-7-8-11-18(13(2)3)12-9-10-15(4,5)14(16)17-19/h13,19H,6-12H2,1-5H3,(H2,16,17). The van der Waals surface area contributed by atoms with Crippen LogP contribution in [0.1, 0.15) is 66.7 Å². The number of hydrogen-bond donors (Lipinski definition) is 2. The minimum absolute atomic E-state index is 0.221. The van der Waals surface area contributed by atoms with Crippen LogP contribution in [0.25, 0.3) is 0 Å². The van der Waals surface area contributed by atoms with Crippen molar-refractivity contribution in [2.75, 3.05) is 13.1 Å². The lowest BCUT2D eigenvalue weighted by Crippen LogP contribution is -2.35. The largest absolute Gasteiger partial charge is 0.409 e. The summed E-state index contributed by atoms with van der Waals surface area (Å²) in [6.07, 6.45) is 5.87. The molecule has 0 aliphatic carbocycles. The summed E-state index contributed by atoms with van der Waals surface area (Å²) in [4.78, 5) is 2.53. The Balaban J connectivity index is 4.12. The van der Waals surface area contributed by atoms with Gasteiger partial charge in [-0.15, -0.1) is 0 Å². The highest BCUT2D eigenvalue weighted by Gasteiger charge is 2.23. The van der Waals surface area contributed by atoms with E-state index in [0.29, 0.717) is 11.9 Å². The molecule has 0 fully saturated rings. The zero-order valence-electron chi connectivity index (χ0n) is 13.4. The fourth-order valence-corrected chi connectivity index (χ4v) is 2.18. The Morgan fingerprint density at radius 1 is 1.21 bits per heavy atom. The second-order valence-corrected chi connectivity index (χ2v) is 6.31. The first-order valence-corrected chi connectivity index (χ1v) is 7.57. The first-order chi connectivity index (χ1) is 8.85. The smallest absolute Gasteiger partial charge is 0.144 e. The highest BCUT2D eigenvalue weighted by molar-refractivity contribution is 5.85. The van der Waals surface area contributed by atoms with Gasteiger partial charge in [-0.3, -0.25) is 0 Å². The number of oxime groups is 1. The van der Waals surface area contributed by atoms with Gasteiger partial charge in [0.05, 0.1) is 0 Å². The van der Waals surface area contributed by atoms with E-state index in [1.165, 1.54) is 25.8 Å². The Kier molecular flexibility index (Phi) is 8.81. The molecule has 0 saturated carbocycles. The third-order valence-corrected chi connectivity index (χ3v) is 3.83. The van der Waals surface area contributed by atoms with E-state index in [4.69, 9.17) is 10.9 Å². The summed E-state index contributed by atoms with van der Waals surface area (Å²) in [6.45, 7) is 13.1. The van der Waals surface area contributed by atoms with Gasteiger partial charge in [-0.25, -0.2) is 0 Å². The molecule has 0 spiro atoms. The molecule has 0 unspecified atom stereocenters. The van der Waals surface area contributed by atoms with E-state index in [2.05, 4.69) is 30.8 Å². The van der Waals surface area contributed by atoms with E-state index in [1.54, 1.807) is 0 Å². The predicted molar refractivity (Wildman–Crippen MR) is 82.7 cm³/mol. The zero-order valence-corrected chi connectivity index (χ0v) is 13.4. The Hall–Kier alpha value is -0.770. The number of nitrogens with two attached hydrogens (primary N) is 1. The van der Waals surface area contributed by atoms with E-state index >= 15 is 0 Å². The molecule has 0 aromatic rings. The molecule has 19 heavy (non-hydrogen) atoms. The highest BCUT2D eigenvalue weighted by atomic mass is 16.4. The Labute approximate surface area is 119 Å². The predicted octanol–water partition coefficient (Wildman–Crippen LogP) is 3.44. The van der Waals surface area contributed by atoms with Gasteiger partial charge in [-0.2, -0.15) is 0 Å². The van der Waals surface area contributed by atoms with Crippen LogP contribution in [0.15, 0.2) is 5.16 Å². The van der Waals surface area contributed by atoms with E-state index in [-0.39, 0.29) is 5.41 Å². The average Bonchev–Trinajstić information content (AvgIpc) is 2.35. The third-order valence-electron chi connectivity index (χ3n) is 3.83. The fraction of sp³-hybridized carbons (Fsp3) is 0.933. The molecule has 114 valence electrons. The molecule has 0 radical (unpaired) electrons. The van der Waals surface area contributed by atoms with Crippen molar-refractivity contribution in [3.05, 3.63) is 0 Å². The van der Waals surface area contributed by atoms with Gasteiger partial charge >= 0.3 is 0 Å². The highest BCUT2D eigenvalue weighted by Crippen LogP contribution is 2.22. The topological polar surface area (TPSA) is 61.8 Å². The maximum atomic E-state index is 8.76. The summed E-state index contributed by atoms with van der Waals surface area (Å²) >= 11 is 0. The molecule has 0 amide bonds. The molecule has 0 atom stereocenters. The van der Waals surface area contributed by atoms with Crippen LogP contribution < -0.4 is 5.73 Å². The van der Waals surface area contributed by atoms with Crippen LogP contribution in [-0.2, 0) is 0 Å². The van der Waals surface area contributed by atoms with E-state index in [9.17, 15) is 0 Å². The molecule has 0 bridgehead atoms. The number of amidine groups is 1. The van der Waals surface area contributed by atoms with Gasteiger partial charge in [0.1, 0.15) is 5.84 Å². The second-order valence-electron chi connectivity index (χ2n) is 6.31. The van der Waals surface area contributed by atoms with Crippen LogP contribution in [-0.4, -0.2) is 35.1 Å². The SMILES string of the molecule is CCCCCN(CCCC(C)(C)C(N)=NO)C(C)C. The lowest BCUT2D eigenvalue weighted by Gasteiger charge is -2.29. The van der Waals surface area contributed by atoms with Crippen molar-refractivity contribution < 1.29 is 5.21 Å². The molecule has 0 saturated heterocycles. The van der Waals surface area contributed by atoms with E-state index in [1.807, 2.05) is 13.8 Å². The van der Waals surface area contributed by atoms with Crippen LogP contribution in [0.2, 0.25) is 0 Å². The molecular weight excluding hydrogens is 238 g/mol. The summed E-state index contributed by atoms with van der Waals surface area (Å²) in [5.41, 5.74) is 5.49. The van der Waals surface area contributed by atoms with Gasteiger partial charge < -0.3 is 15.8 Å². The Morgan fingerprint density at radius 3 is 2.26 bits per heavy atom. The van der Waals surface area contributed by atoms with Gasteiger partial charge in [-0.1, -0.05) is 38.8 Å². The van der Waals surface area contributed by atoms with Crippen molar-refractivity contribution in [2.24, 2.45) is 16.3 Å². The van der Waals surface area contributed by atoms with Crippen molar-refractivity contribution in [3.63, 3.8) is 0 Å². The van der Waals surface area contributed by atoms with E-state index < -0.39 is 0 Å². The first-order valence-electron chi connectivity index (χ1n) is 7.57. The van der Waals surface area contributed by atoms with Crippen molar-refractivity contribution in [2.45, 2.75) is 72.8 Å². The third kappa shape index (κ3) is 7.41. The van der Waals surface area contributed by atoms with Gasteiger partial charge in [0.2, 0.25) is 0 Å². The second kappa shape index (κ2) is 9.18. The van der Waals surface area contributed by atoms with Gasteiger partial charge in [0.25, 0.3) is 0 Å². The van der Waals surface area contributed by atoms with Crippen LogP contribution in [0.5, 0.6) is 0 Å². The summed E-state index contributed by atoms with van der Waals surface area (Å²) < 4.78 is 0. The molecule has 0 aliphatic heterocycles. The quantitative estimate of drug-likeness (QED) is 0.210. The number of unbranched alkanes of at least 4 members (excludes halogenated alkanes) is 2. The molecule has 0 aromatic heterocycles. The summed E-state index contributed by atoms with van der Waals surface area (Å²) in [6, 6.07) is 0.587. The molecule has 4 heteroatoms. The van der Waals surface area contributed by atoms with Crippen LogP contribution in [0.3, 0.4) is 0 Å². The number of nitrogens with zero attached hydrogens (tertiary/aromatic N) is 2. The maximum Gasteiger partial charge on any atom is 0.144 e. The molecule has 0 heterocycles. The lowest BCUT2D eigenvalue weighted by atomic mass is 9.86. The van der Waals surface area contributed by atoms with Gasteiger partial charge in [-0.05, 0) is 46.2 Å². The normalized spacial score (nSPS) is 13.5. The number of rotatable bonds is 10. The van der Waals surface area contributed by atoms with Crippen molar-refractivity contribution in [3.8, 4) is 0 Å².